The average Bonchev–Trinajstić information content (AvgIpc) is 3.03. The van der Waals surface area contributed by atoms with Crippen LogP contribution in [0.3, 0.4) is 0 Å². The summed E-state index contributed by atoms with van der Waals surface area (Å²) in [5, 5.41) is 4.48. The van der Waals surface area contributed by atoms with Crippen LogP contribution in [0.2, 0.25) is 0 Å². The minimum Gasteiger partial charge on any atom is -0.497 e. The van der Waals surface area contributed by atoms with Crippen LogP contribution in [0.5, 0.6) is 5.75 Å². The van der Waals surface area contributed by atoms with Crippen LogP contribution < -0.4 is 4.74 Å². The van der Waals surface area contributed by atoms with Gasteiger partial charge in [-0.1, -0.05) is 0 Å². The second-order valence-electron chi connectivity index (χ2n) is 6.19. The molecule has 0 atom stereocenters. The summed E-state index contributed by atoms with van der Waals surface area (Å²) < 4.78 is 17.6. The Balaban J connectivity index is 1.62. The van der Waals surface area contributed by atoms with Crippen LogP contribution in [0.25, 0.3) is 11.5 Å². The SMILES string of the molecule is CCOC(=O)C1CCN(Cn2nc(-c3ccc(OC)cc3)oc2=S)CC1. The second kappa shape index (κ2) is 8.46. The van der Waals surface area contributed by atoms with E-state index in [0.29, 0.717) is 24.0 Å². The lowest BCUT2D eigenvalue weighted by molar-refractivity contribution is -0.149. The number of carbonyl (C=O) groups is 1. The predicted molar refractivity (Wildman–Crippen MR) is 98.2 cm³/mol. The maximum absolute atomic E-state index is 11.8. The summed E-state index contributed by atoms with van der Waals surface area (Å²) in [5.74, 6) is 1.16. The Morgan fingerprint density at radius 2 is 2.00 bits per heavy atom. The number of ether oxygens (including phenoxy) is 2. The number of carbonyl (C=O) groups excluding carboxylic acids is 1. The van der Waals surface area contributed by atoms with E-state index in [0.717, 1.165) is 37.2 Å². The predicted octanol–water partition coefficient (Wildman–Crippen LogP) is 3.11. The van der Waals surface area contributed by atoms with Crippen LogP contribution >= 0.6 is 12.2 Å². The molecule has 1 fully saturated rings. The Labute approximate surface area is 157 Å². The van der Waals surface area contributed by atoms with Gasteiger partial charge in [0.25, 0.3) is 4.84 Å². The number of hydrogen-bond donors (Lipinski definition) is 0. The molecular formula is C18H23N3O4S. The molecule has 0 aliphatic carbocycles. The highest BCUT2D eigenvalue weighted by Crippen LogP contribution is 2.22. The van der Waals surface area contributed by atoms with Crippen molar-refractivity contribution in [3.8, 4) is 17.2 Å². The zero-order valence-corrected chi connectivity index (χ0v) is 15.8. The highest BCUT2D eigenvalue weighted by atomic mass is 32.1. The van der Waals surface area contributed by atoms with Crippen LogP contribution in [0.15, 0.2) is 28.7 Å². The first-order valence-corrected chi connectivity index (χ1v) is 9.13. The first-order valence-electron chi connectivity index (χ1n) is 8.72. The third kappa shape index (κ3) is 4.31. The minimum absolute atomic E-state index is 0.00802. The van der Waals surface area contributed by atoms with Crippen LogP contribution in [0, 0.1) is 10.8 Å². The third-order valence-electron chi connectivity index (χ3n) is 4.48. The molecule has 1 saturated heterocycles. The van der Waals surface area contributed by atoms with E-state index in [9.17, 15) is 4.79 Å². The number of nitrogens with zero attached hydrogens (tertiary/aromatic N) is 3. The largest absolute Gasteiger partial charge is 0.497 e. The Morgan fingerprint density at radius 3 is 2.62 bits per heavy atom. The molecule has 2 heterocycles. The summed E-state index contributed by atoms with van der Waals surface area (Å²) in [4.78, 5) is 14.4. The molecule has 1 aromatic heterocycles. The van der Waals surface area contributed by atoms with Crippen molar-refractivity contribution in [1.29, 1.82) is 0 Å². The van der Waals surface area contributed by atoms with Crippen LogP contribution in [-0.4, -0.2) is 47.5 Å². The van der Waals surface area contributed by atoms with Crippen molar-refractivity contribution in [1.82, 2.24) is 14.7 Å². The summed E-state index contributed by atoms with van der Waals surface area (Å²) in [7, 11) is 1.63. The highest BCUT2D eigenvalue weighted by molar-refractivity contribution is 7.71. The molecule has 2 aromatic rings. The molecule has 7 nitrogen and oxygen atoms in total. The van der Waals surface area contributed by atoms with Crippen LogP contribution in [0.4, 0.5) is 0 Å². The summed E-state index contributed by atoms with van der Waals surface area (Å²) in [6.45, 7) is 4.42. The van der Waals surface area contributed by atoms with E-state index in [2.05, 4.69) is 10.00 Å². The van der Waals surface area contributed by atoms with E-state index in [1.807, 2.05) is 31.2 Å². The van der Waals surface area contributed by atoms with Gasteiger partial charge in [0.1, 0.15) is 5.75 Å². The lowest BCUT2D eigenvalue weighted by Gasteiger charge is -2.30. The lowest BCUT2D eigenvalue weighted by Crippen LogP contribution is -2.38. The fourth-order valence-corrected chi connectivity index (χ4v) is 3.18. The minimum atomic E-state index is -0.0908. The Morgan fingerprint density at radius 1 is 1.31 bits per heavy atom. The zero-order valence-electron chi connectivity index (χ0n) is 15.0. The van der Waals surface area contributed by atoms with E-state index < -0.39 is 0 Å². The Kier molecular flexibility index (Phi) is 6.05. The molecule has 1 aliphatic heterocycles. The molecule has 140 valence electrons. The molecule has 0 radical (unpaired) electrons. The first-order chi connectivity index (χ1) is 12.6. The molecule has 1 aliphatic rings. The van der Waals surface area contributed by atoms with Crippen LogP contribution in [-0.2, 0) is 16.2 Å². The fraction of sp³-hybridized carbons (Fsp3) is 0.500. The number of esters is 1. The normalized spacial score (nSPS) is 15.8. The van der Waals surface area contributed by atoms with Crippen molar-refractivity contribution >= 4 is 18.2 Å². The van der Waals surface area contributed by atoms with E-state index in [1.165, 1.54) is 0 Å². The topological polar surface area (TPSA) is 69.7 Å². The molecule has 0 bridgehead atoms. The molecule has 1 aromatic carbocycles. The third-order valence-corrected chi connectivity index (χ3v) is 4.78. The lowest BCUT2D eigenvalue weighted by atomic mass is 9.97. The van der Waals surface area contributed by atoms with Crippen molar-refractivity contribution in [3.05, 3.63) is 29.1 Å². The molecule has 3 rings (SSSR count). The first kappa shape index (κ1) is 18.6. The van der Waals surface area contributed by atoms with E-state index in [-0.39, 0.29) is 11.9 Å². The monoisotopic (exact) mass is 377 g/mol. The smallest absolute Gasteiger partial charge is 0.309 e. The quantitative estimate of drug-likeness (QED) is 0.566. The van der Waals surface area contributed by atoms with E-state index in [1.54, 1.807) is 11.8 Å². The number of piperidine rings is 1. The van der Waals surface area contributed by atoms with Crippen molar-refractivity contribution in [3.63, 3.8) is 0 Å². The van der Waals surface area contributed by atoms with Gasteiger partial charge >= 0.3 is 5.97 Å². The van der Waals surface area contributed by atoms with Crippen molar-refractivity contribution in [2.24, 2.45) is 5.92 Å². The van der Waals surface area contributed by atoms with Gasteiger partial charge in [0.05, 0.1) is 26.3 Å². The summed E-state index contributed by atoms with van der Waals surface area (Å²) in [6.07, 6.45) is 1.57. The molecule has 0 saturated carbocycles. The van der Waals surface area contributed by atoms with Gasteiger partial charge in [-0.25, -0.2) is 4.68 Å². The summed E-state index contributed by atoms with van der Waals surface area (Å²) >= 11 is 5.30. The molecule has 26 heavy (non-hydrogen) atoms. The van der Waals surface area contributed by atoms with Gasteiger partial charge in [0, 0.05) is 18.7 Å². The van der Waals surface area contributed by atoms with Gasteiger partial charge < -0.3 is 13.9 Å². The second-order valence-corrected chi connectivity index (χ2v) is 6.54. The number of benzene rings is 1. The van der Waals surface area contributed by atoms with Gasteiger partial charge in [0.15, 0.2) is 0 Å². The summed E-state index contributed by atoms with van der Waals surface area (Å²) in [6, 6.07) is 7.48. The Bertz CT molecular complexity index is 792. The zero-order chi connectivity index (χ0) is 18.5. The van der Waals surface area contributed by atoms with Gasteiger partial charge in [-0.05, 0) is 56.2 Å². The molecule has 0 unspecified atom stereocenters. The number of likely N-dealkylation sites (tertiary alicyclic amines) is 1. The van der Waals surface area contributed by atoms with Crippen molar-refractivity contribution in [2.75, 3.05) is 26.8 Å². The molecule has 0 amide bonds. The molecule has 8 heteroatoms. The number of aromatic nitrogens is 2. The molecular weight excluding hydrogens is 354 g/mol. The maximum Gasteiger partial charge on any atom is 0.309 e. The van der Waals surface area contributed by atoms with Crippen molar-refractivity contribution < 1.29 is 18.7 Å². The van der Waals surface area contributed by atoms with Gasteiger partial charge in [-0.15, -0.1) is 5.10 Å². The number of hydrogen-bond acceptors (Lipinski definition) is 7. The highest BCUT2D eigenvalue weighted by Gasteiger charge is 2.26. The van der Waals surface area contributed by atoms with Gasteiger partial charge in [-0.2, -0.15) is 0 Å². The Hall–Kier alpha value is -2.19. The molecule has 0 spiro atoms. The number of methoxy groups -OCH3 is 1. The number of rotatable bonds is 6. The fourth-order valence-electron chi connectivity index (χ4n) is 3.01. The average molecular weight is 377 g/mol. The molecule has 0 N–H and O–H groups in total. The van der Waals surface area contributed by atoms with Gasteiger partial charge in [0.2, 0.25) is 5.89 Å². The standard InChI is InChI=1S/C18H23N3O4S/c1-3-24-17(22)14-8-10-20(11-9-14)12-21-18(26)25-16(19-21)13-4-6-15(23-2)7-5-13/h4-7,14H,3,8-12H2,1-2H3. The van der Waals surface area contributed by atoms with E-state index in [4.69, 9.17) is 26.1 Å². The van der Waals surface area contributed by atoms with Crippen LogP contribution in [0.1, 0.15) is 19.8 Å². The van der Waals surface area contributed by atoms with Gasteiger partial charge in [-0.3, -0.25) is 9.69 Å². The van der Waals surface area contributed by atoms with Crippen molar-refractivity contribution in [2.45, 2.75) is 26.4 Å². The van der Waals surface area contributed by atoms with E-state index >= 15 is 0 Å². The summed E-state index contributed by atoms with van der Waals surface area (Å²) in [5.41, 5.74) is 0.844. The maximum atomic E-state index is 11.8.